The summed E-state index contributed by atoms with van der Waals surface area (Å²) >= 11 is 0. The van der Waals surface area contributed by atoms with Crippen LogP contribution in [0.15, 0.2) is 53.4 Å². The first-order valence-corrected chi connectivity index (χ1v) is 8.39. The van der Waals surface area contributed by atoms with Gasteiger partial charge in [0.2, 0.25) is 0 Å². The lowest BCUT2D eigenvalue weighted by Crippen LogP contribution is -2.27. The van der Waals surface area contributed by atoms with E-state index in [4.69, 9.17) is 4.74 Å². The Morgan fingerprint density at radius 3 is 2.05 bits per heavy atom. The highest BCUT2D eigenvalue weighted by molar-refractivity contribution is 7.92. The molecule has 2 aromatic carbocycles. The van der Waals surface area contributed by atoms with E-state index in [9.17, 15) is 13.2 Å². The molecule has 1 atom stereocenters. The van der Waals surface area contributed by atoms with Crippen LogP contribution in [0.4, 0.5) is 0 Å². The van der Waals surface area contributed by atoms with Crippen LogP contribution in [0.2, 0.25) is 0 Å². The van der Waals surface area contributed by atoms with Crippen LogP contribution in [-0.4, -0.2) is 26.6 Å². The molecule has 0 aromatic heterocycles. The monoisotopic (exact) mass is 318 g/mol. The van der Waals surface area contributed by atoms with Gasteiger partial charge >= 0.3 is 0 Å². The van der Waals surface area contributed by atoms with Gasteiger partial charge in [0.15, 0.2) is 15.6 Å². The Labute approximate surface area is 130 Å². The second-order valence-corrected chi connectivity index (χ2v) is 7.36. The Kier molecular flexibility index (Phi) is 4.66. The molecule has 0 bridgehead atoms. The SMILES string of the molecule is COc1ccc(C(=O)[C@@H](C)S(=O)(=O)c2ccc(C)cc2)cc1. The first-order chi connectivity index (χ1) is 10.4. The Hall–Kier alpha value is -2.14. The number of Topliss-reactive ketones (excluding diaryl/α,β-unsaturated/α-hetero) is 1. The zero-order chi connectivity index (χ0) is 16.3. The summed E-state index contributed by atoms with van der Waals surface area (Å²) < 4.78 is 30.1. The van der Waals surface area contributed by atoms with E-state index < -0.39 is 20.9 Å². The summed E-state index contributed by atoms with van der Waals surface area (Å²) in [6, 6.07) is 12.9. The molecule has 2 aromatic rings. The molecule has 0 amide bonds. The van der Waals surface area contributed by atoms with Gasteiger partial charge in [0.25, 0.3) is 0 Å². The smallest absolute Gasteiger partial charge is 0.188 e. The van der Waals surface area contributed by atoms with Crippen LogP contribution in [0.3, 0.4) is 0 Å². The molecule has 0 aliphatic rings. The molecule has 0 aliphatic heterocycles. The molecular weight excluding hydrogens is 300 g/mol. The molecule has 5 heteroatoms. The number of aryl methyl sites for hydroxylation is 1. The Morgan fingerprint density at radius 1 is 1.00 bits per heavy atom. The fourth-order valence-electron chi connectivity index (χ4n) is 2.06. The maximum atomic E-state index is 12.5. The first kappa shape index (κ1) is 16.2. The van der Waals surface area contributed by atoms with Crippen molar-refractivity contribution < 1.29 is 17.9 Å². The van der Waals surface area contributed by atoms with E-state index in [1.165, 1.54) is 26.2 Å². The number of ether oxygens (including phenoxy) is 1. The maximum absolute atomic E-state index is 12.5. The molecule has 116 valence electrons. The van der Waals surface area contributed by atoms with Gasteiger partial charge in [-0.2, -0.15) is 0 Å². The predicted octanol–water partition coefficient (Wildman–Crippen LogP) is 3.05. The van der Waals surface area contributed by atoms with Crippen LogP contribution in [0, 0.1) is 6.92 Å². The van der Waals surface area contributed by atoms with Crippen molar-refractivity contribution in [2.24, 2.45) is 0 Å². The molecule has 2 rings (SSSR count). The minimum Gasteiger partial charge on any atom is -0.497 e. The highest BCUT2D eigenvalue weighted by Crippen LogP contribution is 2.21. The molecule has 0 saturated carbocycles. The fraction of sp³-hybridized carbons (Fsp3) is 0.235. The third-order valence-corrected chi connectivity index (χ3v) is 5.63. The van der Waals surface area contributed by atoms with Crippen molar-refractivity contribution in [2.45, 2.75) is 24.0 Å². The zero-order valence-corrected chi connectivity index (χ0v) is 13.6. The van der Waals surface area contributed by atoms with Crippen LogP contribution in [0.25, 0.3) is 0 Å². The summed E-state index contributed by atoms with van der Waals surface area (Å²) in [7, 11) is -2.17. The van der Waals surface area contributed by atoms with Crippen molar-refractivity contribution in [3.8, 4) is 5.75 Å². The molecular formula is C17H18O4S. The summed E-state index contributed by atoms with van der Waals surface area (Å²) in [5.41, 5.74) is 1.32. The van der Waals surface area contributed by atoms with E-state index in [-0.39, 0.29) is 4.90 Å². The number of sulfone groups is 1. The average molecular weight is 318 g/mol. The van der Waals surface area contributed by atoms with E-state index in [2.05, 4.69) is 0 Å². The fourth-order valence-corrected chi connectivity index (χ4v) is 3.40. The van der Waals surface area contributed by atoms with E-state index in [1.807, 2.05) is 6.92 Å². The molecule has 0 radical (unpaired) electrons. The van der Waals surface area contributed by atoms with Gasteiger partial charge in [-0.15, -0.1) is 0 Å². The minimum absolute atomic E-state index is 0.160. The van der Waals surface area contributed by atoms with E-state index in [0.29, 0.717) is 11.3 Å². The molecule has 22 heavy (non-hydrogen) atoms. The number of hydrogen-bond acceptors (Lipinski definition) is 4. The average Bonchev–Trinajstić information content (AvgIpc) is 2.54. The Morgan fingerprint density at radius 2 is 1.55 bits per heavy atom. The molecule has 0 unspecified atom stereocenters. The molecule has 0 heterocycles. The highest BCUT2D eigenvalue weighted by atomic mass is 32.2. The maximum Gasteiger partial charge on any atom is 0.188 e. The van der Waals surface area contributed by atoms with Gasteiger partial charge in [0.05, 0.1) is 12.0 Å². The lowest BCUT2D eigenvalue weighted by atomic mass is 10.1. The van der Waals surface area contributed by atoms with Crippen molar-refractivity contribution >= 4 is 15.6 Å². The number of carbonyl (C=O) groups excluding carboxylic acids is 1. The van der Waals surface area contributed by atoms with Crippen molar-refractivity contribution in [1.29, 1.82) is 0 Å². The lowest BCUT2D eigenvalue weighted by Gasteiger charge is -2.12. The van der Waals surface area contributed by atoms with Gasteiger partial charge in [-0.3, -0.25) is 4.79 Å². The second kappa shape index (κ2) is 6.32. The second-order valence-electron chi connectivity index (χ2n) is 5.09. The molecule has 4 nitrogen and oxygen atoms in total. The van der Waals surface area contributed by atoms with Gasteiger partial charge in [0.1, 0.15) is 11.0 Å². The van der Waals surface area contributed by atoms with Crippen LogP contribution in [0.5, 0.6) is 5.75 Å². The van der Waals surface area contributed by atoms with Gasteiger partial charge in [0, 0.05) is 5.56 Å². The molecule has 0 N–H and O–H groups in total. The zero-order valence-electron chi connectivity index (χ0n) is 12.7. The number of benzene rings is 2. The molecule has 0 aliphatic carbocycles. The van der Waals surface area contributed by atoms with Crippen LogP contribution >= 0.6 is 0 Å². The molecule has 0 spiro atoms. The molecule has 0 fully saturated rings. The summed E-state index contributed by atoms with van der Waals surface area (Å²) in [6.07, 6.45) is 0. The van der Waals surface area contributed by atoms with Crippen molar-refractivity contribution in [3.63, 3.8) is 0 Å². The topological polar surface area (TPSA) is 60.4 Å². The number of hydrogen-bond donors (Lipinski definition) is 0. The van der Waals surface area contributed by atoms with Crippen LogP contribution in [-0.2, 0) is 9.84 Å². The van der Waals surface area contributed by atoms with Crippen LogP contribution in [0.1, 0.15) is 22.8 Å². The standard InChI is InChI=1S/C17H18O4S/c1-12-4-10-16(11-5-12)22(19,20)13(2)17(18)14-6-8-15(21-3)9-7-14/h4-11,13H,1-3H3/t13-/m1/s1. The largest absolute Gasteiger partial charge is 0.497 e. The predicted molar refractivity (Wildman–Crippen MR) is 85.2 cm³/mol. The van der Waals surface area contributed by atoms with Crippen molar-refractivity contribution in [3.05, 3.63) is 59.7 Å². The van der Waals surface area contributed by atoms with Gasteiger partial charge in [-0.25, -0.2) is 8.42 Å². The Bertz CT molecular complexity index is 759. The van der Waals surface area contributed by atoms with E-state index in [1.54, 1.807) is 36.4 Å². The van der Waals surface area contributed by atoms with Gasteiger partial charge in [-0.1, -0.05) is 17.7 Å². The quantitative estimate of drug-likeness (QED) is 0.795. The van der Waals surface area contributed by atoms with Crippen molar-refractivity contribution in [1.82, 2.24) is 0 Å². The van der Waals surface area contributed by atoms with Gasteiger partial charge in [-0.05, 0) is 50.2 Å². The first-order valence-electron chi connectivity index (χ1n) is 6.85. The lowest BCUT2D eigenvalue weighted by molar-refractivity contribution is 0.0991. The van der Waals surface area contributed by atoms with Crippen LogP contribution < -0.4 is 4.74 Å². The minimum atomic E-state index is -3.70. The Balaban J connectivity index is 2.30. The number of ketones is 1. The highest BCUT2D eigenvalue weighted by Gasteiger charge is 2.30. The summed E-state index contributed by atoms with van der Waals surface area (Å²) in [6.45, 7) is 3.30. The van der Waals surface area contributed by atoms with Gasteiger partial charge < -0.3 is 4.74 Å². The summed E-state index contributed by atoms with van der Waals surface area (Å²) in [5, 5.41) is -1.14. The third-order valence-electron chi connectivity index (χ3n) is 3.56. The normalized spacial score (nSPS) is 12.7. The third kappa shape index (κ3) is 3.20. The summed E-state index contributed by atoms with van der Waals surface area (Å²) in [5.74, 6) is 0.189. The molecule has 0 saturated heterocycles. The summed E-state index contributed by atoms with van der Waals surface area (Å²) in [4.78, 5) is 12.6. The van der Waals surface area contributed by atoms with Crippen molar-refractivity contribution in [2.75, 3.05) is 7.11 Å². The van der Waals surface area contributed by atoms with E-state index in [0.717, 1.165) is 5.56 Å². The number of carbonyl (C=O) groups is 1. The van der Waals surface area contributed by atoms with E-state index >= 15 is 0 Å². The number of rotatable bonds is 5. The number of methoxy groups -OCH3 is 1.